The number of carbonyl (C=O) groups excluding carboxylic acids is 1. The highest BCUT2D eigenvalue weighted by atomic mass is 16.5. The molecule has 32 heavy (non-hydrogen) atoms. The van der Waals surface area contributed by atoms with E-state index in [1.165, 1.54) is 0 Å². The molecule has 3 aromatic rings. The van der Waals surface area contributed by atoms with Gasteiger partial charge in [-0.05, 0) is 42.5 Å². The molecule has 0 bridgehead atoms. The van der Waals surface area contributed by atoms with Gasteiger partial charge in [0.1, 0.15) is 5.75 Å². The quantitative estimate of drug-likeness (QED) is 0.590. The number of benzene rings is 2. The van der Waals surface area contributed by atoms with Crippen molar-refractivity contribution in [1.82, 2.24) is 15.1 Å². The summed E-state index contributed by atoms with van der Waals surface area (Å²) in [6.07, 6.45) is 0. The Morgan fingerprint density at radius 3 is 2.16 bits per heavy atom. The number of aromatic nitrogens is 2. The van der Waals surface area contributed by atoms with E-state index in [9.17, 15) is 4.79 Å². The van der Waals surface area contributed by atoms with Crippen molar-refractivity contribution < 1.29 is 19.0 Å². The summed E-state index contributed by atoms with van der Waals surface area (Å²) in [6, 6.07) is 16.9. The first-order valence-corrected chi connectivity index (χ1v) is 10.4. The van der Waals surface area contributed by atoms with Crippen LogP contribution in [-0.2, 0) is 0 Å². The number of ether oxygens (including phenoxy) is 3. The van der Waals surface area contributed by atoms with E-state index in [1.54, 1.807) is 33.5 Å². The molecule has 0 N–H and O–H groups in total. The van der Waals surface area contributed by atoms with Crippen molar-refractivity contribution in [3.8, 4) is 28.5 Å². The molecular formula is C24H26N4O4. The van der Waals surface area contributed by atoms with E-state index in [1.807, 2.05) is 47.4 Å². The van der Waals surface area contributed by atoms with Gasteiger partial charge in [0, 0.05) is 31.7 Å². The molecule has 166 valence electrons. The molecule has 0 spiro atoms. The molecule has 1 aliphatic rings. The second-order valence-corrected chi connectivity index (χ2v) is 7.33. The van der Waals surface area contributed by atoms with Crippen molar-refractivity contribution in [2.45, 2.75) is 0 Å². The summed E-state index contributed by atoms with van der Waals surface area (Å²) in [7, 11) is 4.79. The molecule has 2 aromatic carbocycles. The third kappa shape index (κ3) is 4.30. The van der Waals surface area contributed by atoms with Crippen LogP contribution in [0.1, 0.15) is 10.4 Å². The van der Waals surface area contributed by atoms with E-state index in [2.05, 4.69) is 15.1 Å². The Balaban J connectivity index is 1.42. The topological polar surface area (TPSA) is 77.0 Å². The Labute approximate surface area is 187 Å². The Morgan fingerprint density at radius 1 is 0.781 bits per heavy atom. The maximum absolute atomic E-state index is 12.9. The van der Waals surface area contributed by atoms with Crippen LogP contribution in [0.25, 0.3) is 11.3 Å². The van der Waals surface area contributed by atoms with Crippen LogP contribution in [0.4, 0.5) is 5.82 Å². The summed E-state index contributed by atoms with van der Waals surface area (Å²) in [5, 5.41) is 8.81. The van der Waals surface area contributed by atoms with E-state index in [0.29, 0.717) is 49.0 Å². The van der Waals surface area contributed by atoms with Crippen molar-refractivity contribution in [2.75, 3.05) is 52.4 Å². The average Bonchev–Trinajstić information content (AvgIpc) is 2.88. The molecule has 8 heteroatoms. The minimum atomic E-state index is -0.0167. The van der Waals surface area contributed by atoms with Gasteiger partial charge in [0.05, 0.1) is 32.6 Å². The monoisotopic (exact) mass is 434 g/mol. The first-order valence-electron chi connectivity index (χ1n) is 10.4. The minimum Gasteiger partial charge on any atom is -0.496 e. The van der Waals surface area contributed by atoms with Gasteiger partial charge in [-0.15, -0.1) is 10.2 Å². The van der Waals surface area contributed by atoms with Gasteiger partial charge < -0.3 is 24.0 Å². The number of rotatable bonds is 6. The highest BCUT2D eigenvalue weighted by molar-refractivity contribution is 5.97. The SMILES string of the molecule is COc1ccc(-c2ccc(N3CCN(C(=O)c4ccccc4OC)CC3)nn2)cc1OC. The van der Waals surface area contributed by atoms with Crippen LogP contribution in [-0.4, -0.2) is 68.5 Å². The van der Waals surface area contributed by atoms with Crippen LogP contribution in [0.2, 0.25) is 0 Å². The summed E-state index contributed by atoms with van der Waals surface area (Å²) in [6.45, 7) is 2.59. The average molecular weight is 434 g/mol. The number of para-hydroxylation sites is 1. The molecule has 8 nitrogen and oxygen atoms in total. The molecule has 0 aliphatic carbocycles. The number of nitrogens with zero attached hydrogens (tertiary/aromatic N) is 4. The fourth-order valence-corrected chi connectivity index (χ4v) is 3.77. The van der Waals surface area contributed by atoms with Crippen LogP contribution in [0.15, 0.2) is 54.6 Å². The van der Waals surface area contributed by atoms with Crippen molar-refractivity contribution in [3.05, 3.63) is 60.2 Å². The second kappa shape index (κ2) is 9.55. The van der Waals surface area contributed by atoms with E-state index < -0.39 is 0 Å². The van der Waals surface area contributed by atoms with Crippen LogP contribution in [0, 0.1) is 0 Å². The highest BCUT2D eigenvalue weighted by Crippen LogP contribution is 2.31. The largest absolute Gasteiger partial charge is 0.496 e. The predicted molar refractivity (Wildman–Crippen MR) is 122 cm³/mol. The lowest BCUT2D eigenvalue weighted by atomic mass is 10.1. The Hall–Kier alpha value is -3.81. The lowest BCUT2D eigenvalue weighted by Gasteiger charge is -2.35. The zero-order chi connectivity index (χ0) is 22.5. The van der Waals surface area contributed by atoms with E-state index in [0.717, 1.165) is 17.1 Å². The van der Waals surface area contributed by atoms with Gasteiger partial charge in [-0.2, -0.15) is 0 Å². The summed E-state index contributed by atoms with van der Waals surface area (Å²) in [4.78, 5) is 16.9. The number of amides is 1. The summed E-state index contributed by atoms with van der Waals surface area (Å²) >= 11 is 0. The van der Waals surface area contributed by atoms with Gasteiger partial charge in [0.2, 0.25) is 0 Å². The Bertz CT molecular complexity index is 1080. The molecule has 0 unspecified atom stereocenters. The number of carbonyl (C=O) groups is 1. The molecule has 1 amide bonds. The number of piperazine rings is 1. The lowest BCUT2D eigenvalue weighted by Crippen LogP contribution is -2.49. The van der Waals surface area contributed by atoms with Gasteiger partial charge in [-0.1, -0.05) is 12.1 Å². The smallest absolute Gasteiger partial charge is 0.257 e. The first kappa shape index (κ1) is 21.4. The Morgan fingerprint density at radius 2 is 1.50 bits per heavy atom. The predicted octanol–water partition coefficient (Wildman–Crippen LogP) is 3.13. The standard InChI is InChI=1S/C24H26N4O4/c1-30-20-7-5-4-6-18(20)24(29)28-14-12-27(13-15-28)23-11-9-19(25-26-23)17-8-10-21(31-2)22(16-17)32-3/h4-11,16H,12-15H2,1-3H3. The number of hydrogen-bond donors (Lipinski definition) is 0. The molecule has 4 rings (SSSR count). The third-order valence-corrected chi connectivity index (χ3v) is 5.56. The third-order valence-electron chi connectivity index (χ3n) is 5.56. The van der Waals surface area contributed by atoms with Crippen molar-refractivity contribution in [1.29, 1.82) is 0 Å². The van der Waals surface area contributed by atoms with Crippen LogP contribution in [0.5, 0.6) is 17.2 Å². The lowest BCUT2D eigenvalue weighted by molar-refractivity contribution is 0.0743. The van der Waals surface area contributed by atoms with Crippen molar-refractivity contribution in [2.24, 2.45) is 0 Å². The second-order valence-electron chi connectivity index (χ2n) is 7.33. The molecule has 1 aliphatic heterocycles. The zero-order valence-corrected chi connectivity index (χ0v) is 18.4. The number of anilines is 1. The van der Waals surface area contributed by atoms with Crippen molar-refractivity contribution in [3.63, 3.8) is 0 Å². The summed E-state index contributed by atoms with van der Waals surface area (Å²) < 4.78 is 16.0. The molecule has 1 fully saturated rings. The molecule has 2 heterocycles. The van der Waals surface area contributed by atoms with Crippen LogP contribution in [0.3, 0.4) is 0 Å². The number of hydrogen-bond acceptors (Lipinski definition) is 7. The van der Waals surface area contributed by atoms with E-state index in [4.69, 9.17) is 14.2 Å². The van der Waals surface area contributed by atoms with Gasteiger partial charge >= 0.3 is 0 Å². The molecule has 1 aromatic heterocycles. The fourth-order valence-electron chi connectivity index (χ4n) is 3.77. The molecule has 0 radical (unpaired) electrons. The molecular weight excluding hydrogens is 408 g/mol. The van der Waals surface area contributed by atoms with Gasteiger partial charge in [0.15, 0.2) is 17.3 Å². The van der Waals surface area contributed by atoms with Gasteiger partial charge in [-0.25, -0.2) is 0 Å². The van der Waals surface area contributed by atoms with Gasteiger partial charge in [0.25, 0.3) is 5.91 Å². The van der Waals surface area contributed by atoms with E-state index >= 15 is 0 Å². The first-order chi connectivity index (χ1) is 15.6. The maximum atomic E-state index is 12.9. The Kier molecular flexibility index (Phi) is 6.39. The minimum absolute atomic E-state index is 0.0167. The van der Waals surface area contributed by atoms with E-state index in [-0.39, 0.29) is 5.91 Å². The number of methoxy groups -OCH3 is 3. The molecule has 1 saturated heterocycles. The normalized spacial score (nSPS) is 13.6. The highest BCUT2D eigenvalue weighted by Gasteiger charge is 2.25. The summed E-state index contributed by atoms with van der Waals surface area (Å²) in [5.41, 5.74) is 2.23. The van der Waals surface area contributed by atoms with Crippen LogP contribution >= 0.6 is 0 Å². The zero-order valence-electron chi connectivity index (χ0n) is 18.4. The van der Waals surface area contributed by atoms with Crippen molar-refractivity contribution >= 4 is 11.7 Å². The maximum Gasteiger partial charge on any atom is 0.257 e. The van der Waals surface area contributed by atoms with Crippen LogP contribution < -0.4 is 19.1 Å². The van der Waals surface area contributed by atoms with Gasteiger partial charge in [-0.3, -0.25) is 4.79 Å². The summed E-state index contributed by atoms with van der Waals surface area (Å²) in [5.74, 6) is 2.68. The fraction of sp³-hybridized carbons (Fsp3) is 0.292. The molecule has 0 atom stereocenters. The molecule has 0 saturated carbocycles.